The molecule has 0 radical (unpaired) electrons. The highest BCUT2D eigenvalue weighted by Crippen LogP contribution is 2.21. The number of rotatable bonds is 6. The lowest BCUT2D eigenvalue weighted by Crippen LogP contribution is -2.06. The molecular formula is C19H20N2O2. The van der Waals surface area contributed by atoms with Crippen molar-refractivity contribution in [2.24, 2.45) is 5.16 Å². The standard InChI is InChI=1S/C19H20N2O2/c1-14(2)15-8-6-9-17(11-15)23-13-16-7-4-5-10-18(16)19(12-20)21-22-3/h4-11,14H,13H2,1-3H3/b21-19-. The first kappa shape index (κ1) is 16.6. The van der Waals surface area contributed by atoms with Gasteiger partial charge in [0.05, 0.1) is 0 Å². The van der Waals surface area contributed by atoms with E-state index < -0.39 is 0 Å². The van der Waals surface area contributed by atoms with E-state index in [1.54, 1.807) is 0 Å². The van der Waals surface area contributed by atoms with Gasteiger partial charge in [0.2, 0.25) is 0 Å². The normalized spacial score (nSPS) is 11.2. The van der Waals surface area contributed by atoms with Crippen molar-refractivity contribution in [2.75, 3.05) is 7.11 Å². The molecule has 0 aliphatic heterocycles. The molecule has 2 aromatic carbocycles. The van der Waals surface area contributed by atoms with E-state index in [1.807, 2.05) is 42.5 Å². The van der Waals surface area contributed by atoms with Crippen LogP contribution in [0, 0.1) is 11.3 Å². The summed E-state index contributed by atoms with van der Waals surface area (Å²) in [6, 6.07) is 17.6. The van der Waals surface area contributed by atoms with Crippen molar-refractivity contribution in [3.8, 4) is 11.8 Å². The van der Waals surface area contributed by atoms with Gasteiger partial charge in [-0.25, -0.2) is 0 Å². The van der Waals surface area contributed by atoms with Crippen LogP contribution in [-0.2, 0) is 11.4 Å². The topological polar surface area (TPSA) is 54.6 Å². The lowest BCUT2D eigenvalue weighted by atomic mass is 10.0. The van der Waals surface area contributed by atoms with Crippen molar-refractivity contribution in [1.29, 1.82) is 5.26 Å². The monoisotopic (exact) mass is 308 g/mol. The average molecular weight is 308 g/mol. The first-order chi connectivity index (χ1) is 11.2. The van der Waals surface area contributed by atoms with Crippen LogP contribution >= 0.6 is 0 Å². The van der Waals surface area contributed by atoms with Gasteiger partial charge < -0.3 is 9.57 Å². The third-order valence-electron chi connectivity index (χ3n) is 3.48. The van der Waals surface area contributed by atoms with Gasteiger partial charge in [-0.3, -0.25) is 0 Å². The van der Waals surface area contributed by atoms with Crippen LogP contribution < -0.4 is 4.74 Å². The Labute approximate surface area is 137 Å². The highest BCUT2D eigenvalue weighted by molar-refractivity contribution is 6.12. The van der Waals surface area contributed by atoms with Gasteiger partial charge in [-0.15, -0.1) is 0 Å². The molecule has 0 aliphatic carbocycles. The molecule has 2 rings (SSSR count). The van der Waals surface area contributed by atoms with Gasteiger partial charge in [0.15, 0.2) is 5.71 Å². The predicted molar refractivity (Wildman–Crippen MR) is 90.5 cm³/mol. The lowest BCUT2D eigenvalue weighted by molar-refractivity contribution is 0.214. The first-order valence-corrected chi connectivity index (χ1v) is 7.48. The minimum Gasteiger partial charge on any atom is -0.489 e. The molecule has 0 fully saturated rings. The molecule has 23 heavy (non-hydrogen) atoms. The van der Waals surface area contributed by atoms with Crippen LogP contribution in [0.2, 0.25) is 0 Å². The van der Waals surface area contributed by atoms with Crippen molar-refractivity contribution in [3.63, 3.8) is 0 Å². The molecule has 0 aromatic heterocycles. The Balaban J connectivity index is 2.20. The fourth-order valence-corrected chi connectivity index (χ4v) is 2.22. The summed E-state index contributed by atoms with van der Waals surface area (Å²) in [6.07, 6.45) is 0. The van der Waals surface area contributed by atoms with E-state index in [4.69, 9.17) is 9.57 Å². The van der Waals surface area contributed by atoms with E-state index in [0.717, 1.165) is 16.9 Å². The minimum absolute atomic E-state index is 0.239. The Morgan fingerprint density at radius 2 is 1.96 bits per heavy atom. The maximum Gasteiger partial charge on any atom is 0.187 e. The second-order valence-electron chi connectivity index (χ2n) is 5.41. The van der Waals surface area contributed by atoms with Gasteiger partial charge in [0.25, 0.3) is 0 Å². The Hall–Kier alpha value is -2.80. The number of hydrogen-bond acceptors (Lipinski definition) is 4. The van der Waals surface area contributed by atoms with Crippen LogP contribution in [0.3, 0.4) is 0 Å². The van der Waals surface area contributed by atoms with Gasteiger partial charge in [0, 0.05) is 5.56 Å². The second kappa shape index (κ2) is 8.00. The van der Waals surface area contributed by atoms with Gasteiger partial charge in [-0.2, -0.15) is 5.26 Å². The molecule has 0 saturated carbocycles. The molecule has 2 aromatic rings. The van der Waals surface area contributed by atoms with Gasteiger partial charge in [0.1, 0.15) is 25.5 Å². The molecule has 0 spiro atoms. The highest BCUT2D eigenvalue weighted by atomic mass is 16.6. The Kier molecular flexibility index (Phi) is 5.76. The van der Waals surface area contributed by atoms with Crippen molar-refractivity contribution in [3.05, 3.63) is 65.2 Å². The zero-order chi connectivity index (χ0) is 16.7. The summed E-state index contributed by atoms with van der Waals surface area (Å²) >= 11 is 0. The summed E-state index contributed by atoms with van der Waals surface area (Å²) in [5.74, 6) is 1.26. The van der Waals surface area contributed by atoms with Crippen LogP contribution in [0.5, 0.6) is 5.75 Å². The SMILES string of the molecule is CO/N=C(/C#N)c1ccccc1COc1cccc(C(C)C)c1. The number of ether oxygens (including phenoxy) is 1. The Morgan fingerprint density at radius 1 is 1.17 bits per heavy atom. The molecule has 4 heteroatoms. The van der Waals surface area contributed by atoms with E-state index in [9.17, 15) is 5.26 Å². The maximum absolute atomic E-state index is 9.22. The number of hydrogen-bond donors (Lipinski definition) is 0. The first-order valence-electron chi connectivity index (χ1n) is 7.48. The van der Waals surface area contributed by atoms with Crippen LogP contribution in [-0.4, -0.2) is 12.8 Å². The Morgan fingerprint density at radius 3 is 2.65 bits per heavy atom. The zero-order valence-electron chi connectivity index (χ0n) is 13.6. The largest absolute Gasteiger partial charge is 0.489 e. The fourth-order valence-electron chi connectivity index (χ4n) is 2.22. The summed E-state index contributed by atoms with van der Waals surface area (Å²) in [5, 5.41) is 13.0. The van der Waals surface area contributed by atoms with Crippen molar-refractivity contribution >= 4 is 5.71 Å². The van der Waals surface area contributed by atoms with E-state index in [2.05, 4.69) is 31.1 Å². The Bertz CT molecular complexity index is 730. The quantitative estimate of drug-likeness (QED) is 0.591. The lowest BCUT2D eigenvalue weighted by Gasteiger charge is -2.12. The number of benzene rings is 2. The second-order valence-corrected chi connectivity index (χ2v) is 5.41. The molecule has 0 bridgehead atoms. The smallest absolute Gasteiger partial charge is 0.187 e. The fraction of sp³-hybridized carbons (Fsp3) is 0.263. The summed E-state index contributed by atoms with van der Waals surface area (Å²) in [4.78, 5) is 4.73. The van der Waals surface area contributed by atoms with Gasteiger partial charge in [-0.1, -0.05) is 55.4 Å². The molecule has 0 aliphatic rings. The van der Waals surface area contributed by atoms with Gasteiger partial charge in [-0.05, 0) is 29.2 Å². The van der Waals surface area contributed by atoms with Crippen LogP contribution in [0.1, 0.15) is 36.5 Å². The predicted octanol–water partition coefficient (Wildman–Crippen LogP) is 4.26. The molecule has 0 unspecified atom stereocenters. The molecule has 0 N–H and O–H groups in total. The summed E-state index contributed by atoms with van der Waals surface area (Å²) in [7, 11) is 1.42. The van der Waals surface area contributed by atoms with Crippen molar-refractivity contribution < 1.29 is 9.57 Å². The minimum atomic E-state index is 0.239. The third kappa shape index (κ3) is 4.33. The molecule has 0 atom stereocenters. The van der Waals surface area contributed by atoms with Crippen LogP contribution in [0.4, 0.5) is 0 Å². The molecule has 0 amide bonds. The average Bonchev–Trinajstić information content (AvgIpc) is 2.58. The van der Waals surface area contributed by atoms with Crippen molar-refractivity contribution in [1.82, 2.24) is 0 Å². The maximum atomic E-state index is 9.22. The summed E-state index contributed by atoms with van der Waals surface area (Å²) < 4.78 is 5.89. The van der Waals surface area contributed by atoms with E-state index >= 15 is 0 Å². The number of nitrogens with zero attached hydrogens (tertiary/aromatic N) is 2. The highest BCUT2D eigenvalue weighted by Gasteiger charge is 2.10. The van der Waals surface area contributed by atoms with Gasteiger partial charge >= 0.3 is 0 Å². The molecule has 4 nitrogen and oxygen atoms in total. The van der Waals surface area contributed by atoms with Crippen LogP contribution in [0.15, 0.2) is 53.7 Å². The third-order valence-corrected chi connectivity index (χ3v) is 3.48. The molecule has 118 valence electrons. The van der Waals surface area contributed by atoms with E-state index in [1.165, 1.54) is 12.7 Å². The number of oxime groups is 1. The molecular weight excluding hydrogens is 288 g/mol. The molecule has 0 heterocycles. The summed E-state index contributed by atoms with van der Waals surface area (Å²) in [6.45, 7) is 4.66. The number of nitriles is 1. The van der Waals surface area contributed by atoms with Crippen molar-refractivity contribution in [2.45, 2.75) is 26.4 Å². The van der Waals surface area contributed by atoms with Crippen LogP contribution in [0.25, 0.3) is 0 Å². The zero-order valence-corrected chi connectivity index (χ0v) is 13.6. The summed E-state index contributed by atoms with van der Waals surface area (Å²) in [5.41, 5.74) is 3.08. The van der Waals surface area contributed by atoms with E-state index in [0.29, 0.717) is 12.5 Å². The van der Waals surface area contributed by atoms with E-state index in [-0.39, 0.29) is 5.71 Å². The molecule has 0 saturated heterocycles.